The maximum atomic E-state index is 12.4. The summed E-state index contributed by atoms with van der Waals surface area (Å²) in [7, 11) is -0.752. The van der Waals surface area contributed by atoms with Crippen LogP contribution in [-0.4, -0.2) is 36.4 Å². The number of nitrogens with zero attached hydrogens (tertiary/aromatic N) is 2. The van der Waals surface area contributed by atoms with Gasteiger partial charge in [-0.2, -0.15) is 5.10 Å². The van der Waals surface area contributed by atoms with Crippen molar-refractivity contribution in [3.8, 4) is 5.75 Å². The van der Waals surface area contributed by atoms with Crippen molar-refractivity contribution in [3.05, 3.63) is 41.7 Å². The third-order valence-electron chi connectivity index (χ3n) is 2.85. The molecule has 2 rings (SSSR count). The number of ether oxygens (including phenoxy) is 1. The number of aromatic carboxylic acids is 1. The van der Waals surface area contributed by atoms with Gasteiger partial charge in [-0.3, -0.25) is 4.68 Å². The summed E-state index contributed by atoms with van der Waals surface area (Å²) in [6.45, 7) is 0. The SMILES string of the molecule is COc1ccc(C(=O)O)cc1S(=O)(=O)Cc1ccn(C)n1. The lowest BCUT2D eigenvalue weighted by Gasteiger charge is -2.09. The van der Waals surface area contributed by atoms with Crippen LogP contribution in [0.3, 0.4) is 0 Å². The van der Waals surface area contributed by atoms with E-state index < -0.39 is 15.8 Å². The van der Waals surface area contributed by atoms with E-state index in [4.69, 9.17) is 9.84 Å². The number of carbonyl (C=O) groups is 1. The summed E-state index contributed by atoms with van der Waals surface area (Å²) in [4.78, 5) is 10.8. The van der Waals surface area contributed by atoms with E-state index in [0.717, 1.165) is 6.07 Å². The normalized spacial score (nSPS) is 11.3. The van der Waals surface area contributed by atoms with Gasteiger partial charge in [0.25, 0.3) is 0 Å². The molecule has 0 spiro atoms. The van der Waals surface area contributed by atoms with Crippen LogP contribution in [-0.2, 0) is 22.6 Å². The van der Waals surface area contributed by atoms with E-state index in [0.29, 0.717) is 5.69 Å². The van der Waals surface area contributed by atoms with Crippen LogP contribution in [0.4, 0.5) is 0 Å². The molecule has 0 saturated heterocycles. The number of benzene rings is 1. The third-order valence-corrected chi connectivity index (χ3v) is 4.52. The second-order valence-electron chi connectivity index (χ2n) is 4.41. The zero-order valence-corrected chi connectivity index (χ0v) is 12.3. The fraction of sp³-hybridized carbons (Fsp3) is 0.231. The van der Waals surface area contributed by atoms with Gasteiger partial charge >= 0.3 is 5.97 Å². The Morgan fingerprint density at radius 2 is 2.10 bits per heavy atom. The molecular weight excluding hydrogens is 296 g/mol. The molecule has 0 aliphatic heterocycles. The molecule has 1 aromatic heterocycles. The number of rotatable bonds is 5. The fourth-order valence-electron chi connectivity index (χ4n) is 1.87. The maximum absolute atomic E-state index is 12.4. The first-order chi connectivity index (χ1) is 9.83. The first-order valence-electron chi connectivity index (χ1n) is 5.96. The summed E-state index contributed by atoms with van der Waals surface area (Å²) in [6, 6.07) is 5.31. The van der Waals surface area contributed by atoms with Gasteiger partial charge in [-0.25, -0.2) is 13.2 Å². The Kier molecular flexibility index (Phi) is 3.99. The molecule has 1 N–H and O–H groups in total. The van der Waals surface area contributed by atoms with E-state index in [1.165, 1.54) is 23.9 Å². The van der Waals surface area contributed by atoms with Crippen molar-refractivity contribution in [3.63, 3.8) is 0 Å². The quantitative estimate of drug-likeness (QED) is 0.888. The van der Waals surface area contributed by atoms with Gasteiger partial charge < -0.3 is 9.84 Å². The second kappa shape index (κ2) is 5.57. The number of hydrogen-bond acceptors (Lipinski definition) is 5. The fourth-order valence-corrected chi connectivity index (χ4v) is 3.33. The highest BCUT2D eigenvalue weighted by molar-refractivity contribution is 7.90. The first kappa shape index (κ1) is 15.0. The third kappa shape index (κ3) is 3.22. The summed E-state index contributed by atoms with van der Waals surface area (Å²) >= 11 is 0. The van der Waals surface area contributed by atoms with Crippen LogP contribution >= 0.6 is 0 Å². The molecule has 0 saturated carbocycles. The monoisotopic (exact) mass is 310 g/mol. The van der Waals surface area contributed by atoms with Crippen LogP contribution in [0.25, 0.3) is 0 Å². The van der Waals surface area contributed by atoms with Crippen LogP contribution in [0.5, 0.6) is 5.75 Å². The van der Waals surface area contributed by atoms with E-state index >= 15 is 0 Å². The van der Waals surface area contributed by atoms with Crippen LogP contribution in [0.2, 0.25) is 0 Å². The lowest BCUT2D eigenvalue weighted by atomic mass is 10.2. The molecule has 8 heteroatoms. The Balaban J connectivity index is 2.47. The molecule has 0 bridgehead atoms. The second-order valence-corrected chi connectivity index (χ2v) is 6.37. The van der Waals surface area contributed by atoms with E-state index in [1.807, 2.05) is 0 Å². The zero-order valence-electron chi connectivity index (χ0n) is 11.5. The van der Waals surface area contributed by atoms with Gasteiger partial charge in [-0.05, 0) is 24.3 Å². The van der Waals surface area contributed by atoms with Crippen molar-refractivity contribution in [1.29, 1.82) is 0 Å². The number of sulfone groups is 1. The molecule has 0 fully saturated rings. The molecule has 0 atom stereocenters. The van der Waals surface area contributed by atoms with Crippen molar-refractivity contribution >= 4 is 15.8 Å². The summed E-state index contributed by atoms with van der Waals surface area (Å²) in [5.74, 6) is -1.42. The summed E-state index contributed by atoms with van der Waals surface area (Å²) in [5.41, 5.74) is 0.260. The zero-order chi connectivity index (χ0) is 15.6. The Morgan fingerprint density at radius 1 is 1.38 bits per heavy atom. The Morgan fingerprint density at radius 3 is 2.62 bits per heavy atom. The van der Waals surface area contributed by atoms with E-state index in [-0.39, 0.29) is 22.0 Å². The van der Waals surface area contributed by atoms with Gasteiger partial charge in [0.15, 0.2) is 9.84 Å². The minimum atomic E-state index is -3.76. The molecule has 112 valence electrons. The molecule has 21 heavy (non-hydrogen) atoms. The van der Waals surface area contributed by atoms with Crippen molar-refractivity contribution in [2.24, 2.45) is 7.05 Å². The van der Waals surface area contributed by atoms with Crippen LogP contribution in [0, 0.1) is 0 Å². The number of carboxylic acids is 1. The molecular formula is C13H14N2O5S. The number of aryl methyl sites for hydroxylation is 1. The largest absolute Gasteiger partial charge is 0.495 e. The number of methoxy groups -OCH3 is 1. The van der Waals surface area contributed by atoms with Crippen LogP contribution in [0.15, 0.2) is 35.4 Å². The molecule has 0 radical (unpaired) electrons. The van der Waals surface area contributed by atoms with Gasteiger partial charge in [0, 0.05) is 13.2 Å². The lowest BCUT2D eigenvalue weighted by molar-refractivity contribution is 0.0696. The summed E-state index contributed by atoms with van der Waals surface area (Å²) in [6.07, 6.45) is 1.63. The Bertz CT molecular complexity index is 780. The molecule has 0 aliphatic carbocycles. The average molecular weight is 310 g/mol. The highest BCUT2D eigenvalue weighted by Gasteiger charge is 2.23. The van der Waals surface area contributed by atoms with Crippen molar-refractivity contribution in [2.75, 3.05) is 7.11 Å². The van der Waals surface area contributed by atoms with Gasteiger partial charge in [-0.1, -0.05) is 0 Å². The van der Waals surface area contributed by atoms with E-state index in [9.17, 15) is 13.2 Å². The van der Waals surface area contributed by atoms with E-state index in [1.54, 1.807) is 19.3 Å². The maximum Gasteiger partial charge on any atom is 0.335 e. The summed E-state index contributed by atoms with van der Waals surface area (Å²) in [5, 5.41) is 13.0. The van der Waals surface area contributed by atoms with Crippen molar-refractivity contribution in [2.45, 2.75) is 10.6 Å². The van der Waals surface area contributed by atoms with Crippen molar-refractivity contribution < 1.29 is 23.1 Å². The highest BCUT2D eigenvalue weighted by Crippen LogP contribution is 2.27. The van der Waals surface area contributed by atoms with E-state index in [2.05, 4.69) is 5.10 Å². The standard InChI is InChI=1S/C13H14N2O5S/c1-15-6-5-10(14-15)8-21(18,19)12-7-9(13(16)17)3-4-11(12)20-2/h3-7H,8H2,1-2H3,(H,16,17). The van der Waals surface area contributed by atoms with Gasteiger partial charge in [0.1, 0.15) is 10.6 Å². The first-order valence-corrected chi connectivity index (χ1v) is 7.61. The Labute approximate surface area is 121 Å². The molecule has 0 unspecified atom stereocenters. The number of hydrogen-bond donors (Lipinski definition) is 1. The number of carboxylic acid groups (broad SMARTS) is 1. The van der Waals surface area contributed by atoms with Gasteiger partial charge in [-0.15, -0.1) is 0 Å². The Hall–Kier alpha value is -2.35. The average Bonchev–Trinajstić information content (AvgIpc) is 2.82. The van der Waals surface area contributed by atoms with Gasteiger partial charge in [0.05, 0.1) is 24.1 Å². The summed E-state index contributed by atoms with van der Waals surface area (Å²) < 4.78 is 31.4. The topological polar surface area (TPSA) is 98.5 Å². The highest BCUT2D eigenvalue weighted by atomic mass is 32.2. The molecule has 2 aromatic rings. The van der Waals surface area contributed by atoms with Crippen LogP contribution < -0.4 is 4.74 Å². The predicted molar refractivity (Wildman–Crippen MR) is 74.1 cm³/mol. The predicted octanol–water partition coefficient (Wildman–Crippen LogP) is 1.10. The van der Waals surface area contributed by atoms with Crippen molar-refractivity contribution in [1.82, 2.24) is 9.78 Å². The number of aromatic nitrogens is 2. The smallest absolute Gasteiger partial charge is 0.335 e. The molecule has 1 heterocycles. The van der Waals surface area contributed by atoms with Crippen LogP contribution in [0.1, 0.15) is 16.1 Å². The molecule has 1 aromatic carbocycles. The minimum absolute atomic E-state index is 0.107. The molecule has 0 aliphatic rings. The molecule has 7 nitrogen and oxygen atoms in total. The minimum Gasteiger partial charge on any atom is -0.495 e. The lowest BCUT2D eigenvalue weighted by Crippen LogP contribution is -2.09. The molecule has 0 amide bonds. The van der Waals surface area contributed by atoms with Gasteiger partial charge in [0.2, 0.25) is 0 Å².